The minimum atomic E-state index is 0.830. The molecule has 0 spiro atoms. The first-order valence-corrected chi connectivity index (χ1v) is 24.2. The van der Waals surface area contributed by atoms with E-state index in [1.807, 2.05) is 0 Å². The Hall–Kier alpha value is -9.44. The fourth-order valence-corrected chi connectivity index (χ4v) is 11.1. The van der Waals surface area contributed by atoms with Gasteiger partial charge in [-0.3, -0.25) is 0 Å². The van der Waals surface area contributed by atoms with Crippen molar-refractivity contribution in [3.63, 3.8) is 0 Å². The highest BCUT2D eigenvalue weighted by atomic mass is 16.3. The highest BCUT2D eigenvalue weighted by Crippen LogP contribution is 2.50. The lowest BCUT2D eigenvalue weighted by Crippen LogP contribution is -2.10. The Morgan fingerprint density at radius 1 is 0.225 bits per heavy atom. The minimum Gasteiger partial charge on any atom is -0.455 e. The number of nitrogens with zero attached hydrogens (tertiary/aromatic N) is 1. The molecule has 0 aliphatic rings. The van der Waals surface area contributed by atoms with Gasteiger partial charge in [-0.1, -0.05) is 224 Å². The summed E-state index contributed by atoms with van der Waals surface area (Å²) in [5.74, 6) is 1.66. The zero-order chi connectivity index (χ0) is 46.8. The second-order valence-electron chi connectivity index (χ2n) is 18.3. The van der Waals surface area contributed by atoms with Gasteiger partial charge in [0, 0.05) is 60.9 Å². The zero-order valence-corrected chi connectivity index (χ0v) is 38.6. The highest BCUT2D eigenvalue weighted by Gasteiger charge is 2.26. The van der Waals surface area contributed by atoms with Gasteiger partial charge in [-0.05, 0) is 91.0 Å². The van der Waals surface area contributed by atoms with Crippen LogP contribution in [0.25, 0.3) is 121 Å². The van der Waals surface area contributed by atoms with Crippen LogP contribution in [-0.4, -0.2) is 0 Å². The van der Waals surface area contributed by atoms with Crippen LogP contribution in [0.15, 0.2) is 270 Å². The van der Waals surface area contributed by atoms with E-state index in [0.29, 0.717) is 0 Å². The Morgan fingerprint density at radius 3 is 0.972 bits per heavy atom. The maximum Gasteiger partial charge on any atom is 0.143 e. The molecular weight excluding hydrogens is 863 g/mol. The molecule has 332 valence electrons. The number of fused-ring (bicyclic) bond motifs is 12. The molecule has 14 aromatic rings. The van der Waals surface area contributed by atoms with E-state index in [0.717, 1.165) is 100 Å². The molecule has 2 heterocycles. The number of rotatable bonds is 8. The lowest BCUT2D eigenvalue weighted by atomic mass is 9.92. The third-order valence-electron chi connectivity index (χ3n) is 14.2. The summed E-state index contributed by atoms with van der Waals surface area (Å²) >= 11 is 0. The maximum absolute atomic E-state index is 7.26. The fourth-order valence-electron chi connectivity index (χ4n) is 11.1. The van der Waals surface area contributed by atoms with Gasteiger partial charge in [0.1, 0.15) is 22.7 Å². The minimum absolute atomic E-state index is 0.830. The Bertz CT molecular complexity index is 4080. The van der Waals surface area contributed by atoms with Crippen LogP contribution < -0.4 is 4.90 Å². The van der Waals surface area contributed by atoms with E-state index in [2.05, 4.69) is 266 Å². The molecule has 0 amide bonds. The molecule has 71 heavy (non-hydrogen) atoms. The van der Waals surface area contributed by atoms with Gasteiger partial charge in [0.05, 0.1) is 0 Å². The normalized spacial score (nSPS) is 11.7. The Kier molecular flexibility index (Phi) is 9.53. The van der Waals surface area contributed by atoms with Crippen molar-refractivity contribution < 1.29 is 8.83 Å². The van der Waals surface area contributed by atoms with E-state index in [9.17, 15) is 0 Å². The van der Waals surface area contributed by atoms with E-state index in [1.54, 1.807) is 0 Å². The van der Waals surface area contributed by atoms with E-state index in [1.165, 1.54) is 37.9 Å². The summed E-state index contributed by atoms with van der Waals surface area (Å²) in [6.07, 6.45) is 0. The van der Waals surface area contributed by atoms with Crippen molar-refractivity contribution in [1.82, 2.24) is 0 Å². The monoisotopic (exact) mass is 905 g/mol. The summed E-state index contributed by atoms with van der Waals surface area (Å²) in [5, 5.41) is 11.5. The largest absolute Gasteiger partial charge is 0.455 e. The molecular formula is C68H43NO2. The average Bonchev–Trinajstić information content (AvgIpc) is 4.06. The predicted octanol–water partition coefficient (Wildman–Crippen LogP) is 19.6. The van der Waals surface area contributed by atoms with Crippen LogP contribution in [0.1, 0.15) is 0 Å². The Morgan fingerprint density at radius 2 is 0.549 bits per heavy atom. The molecule has 0 unspecified atom stereocenters. The summed E-state index contributed by atoms with van der Waals surface area (Å²) in [5.41, 5.74) is 13.4. The Balaban J connectivity index is 0.999. The van der Waals surface area contributed by atoms with Crippen LogP contribution in [0.5, 0.6) is 0 Å². The van der Waals surface area contributed by atoms with Gasteiger partial charge in [0.2, 0.25) is 0 Å². The molecule has 0 atom stereocenters. The van der Waals surface area contributed by atoms with Crippen molar-refractivity contribution in [1.29, 1.82) is 0 Å². The molecule has 12 aromatic carbocycles. The van der Waals surface area contributed by atoms with Gasteiger partial charge in [-0.2, -0.15) is 0 Å². The third-order valence-corrected chi connectivity index (χ3v) is 14.2. The van der Waals surface area contributed by atoms with Gasteiger partial charge < -0.3 is 13.7 Å². The molecule has 3 nitrogen and oxygen atoms in total. The van der Waals surface area contributed by atoms with Crippen molar-refractivity contribution >= 4 is 82.1 Å². The number of hydrogen-bond donors (Lipinski definition) is 0. The zero-order valence-electron chi connectivity index (χ0n) is 38.6. The quantitative estimate of drug-likeness (QED) is 0.142. The van der Waals surface area contributed by atoms with Gasteiger partial charge in [0.25, 0.3) is 0 Å². The second kappa shape index (κ2) is 16.7. The van der Waals surface area contributed by atoms with Crippen LogP contribution in [0.2, 0.25) is 0 Å². The maximum atomic E-state index is 7.26. The lowest BCUT2D eigenvalue weighted by molar-refractivity contribution is 0.636. The molecule has 3 heteroatoms. The van der Waals surface area contributed by atoms with E-state index in [-0.39, 0.29) is 0 Å². The SMILES string of the molecule is c1ccc(-c2ccc(N(c3cccc(-c4oc5c6ccccc6c6ccccc6c5c4-c4ccccc4)c3)c3cccc(-c4oc5c6ccccc6c6ccccc6c5c4-c4ccccc4)c3)cc2)cc1. The summed E-state index contributed by atoms with van der Waals surface area (Å²) in [7, 11) is 0. The van der Waals surface area contributed by atoms with Crippen molar-refractivity contribution in [2.75, 3.05) is 4.90 Å². The first-order valence-electron chi connectivity index (χ1n) is 24.2. The van der Waals surface area contributed by atoms with Gasteiger partial charge >= 0.3 is 0 Å². The topological polar surface area (TPSA) is 29.5 Å². The number of furan rings is 2. The number of hydrogen-bond acceptors (Lipinski definition) is 3. The molecule has 0 saturated heterocycles. The molecule has 0 bridgehead atoms. The molecule has 14 rings (SSSR count). The first kappa shape index (κ1) is 40.6. The van der Waals surface area contributed by atoms with Crippen LogP contribution in [0.4, 0.5) is 17.1 Å². The fraction of sp³-hybridized carbons (Fsp3) is 0. The summed E-state index contributed by atoms with van der Waals surface area (Å²) in [6.45, 7) is 0. The van der Waals surface area contributed by atoms with Crippen LogP contribution in [0, 0.1) is 0 Å². The number of anilines is 3. The van der Waals surface area contributed by atoms with E-state index >= 15 is 0 Å². The first-order chi connectivity index (χ1) is 35.2. The molecule has 0 saturated carbocycles. The van der Waals surface area contributed by atoms with Crippen molar-refractivity contribution in [3.05, 3.63) is 261 Å². The van der Waals surface area contributed by atoms with Crippen LogP contribution >= 0.6 is 0 Å². The van der Waals surface area contributed by atoms with E-state index < -0.39 is 0 Å². The predicted molar refractivity (Wildman–Crippen MR) is 298 cm³/mol. The van der Waals surface area contributed by atoms with Crippen molar-refractivity contribution in [3.8, 4) is 56.0 Å². The van der Waals surface area contributed by atoms with Crippen LogP contribution in [-0.2, 0) is 0 Å². The summed E-state index contributed by atoms with van der Waals surface area (Å²) in [6, 6.07) is 93.1. The van der Waals surface area contributed by atoms with Gasteiger partial charge in [0.15, 0.2) is 0 Å². The summed E-state index contributed by atoms with van der Waals surface area (Å²) in [4.78, 5) is 2.35. The summed E-state index contributed by atoms with van der Waals surface area (Å²) < 4.78 is 14.5. The average molecular weight is 906 g/mol. The molecule has 0 aliphatic heterocycles. The van der Waals surface area contributed by atoms with E-state index in [4.69, 9.17) is 8.83 Å². The molecule has 0 aliphatic carbocycles. The molecule has 2 aromatic heterocycles. The van der Waals surface area contributed by atoms with Crippen LogP contribution in [0.3, 0.4) is 0 Å². The molecule has 0 radical (unpaired) electrons. The molecule has 0 N–H and O–H groups in total. The Labute approximate surface area is 410 Å². The van der Waals surface area contributed by atoms with Gasteiger partial charge in [-0.15, -0.1) is 0 Å². The highest BCUT2D eigenvalue weighted by molar-refractivity contribution is 6.30. The second-order valence-corrected chi connectivity index (χ2v) is 18.3. The standard InChI is InChI=1S/C68H43NO2/c1-4-20-44(21-5-1)45-38-40-50(41-39-45)69(51-28-18-26-48(42-51)65-61(46-22-6-2-7-23-46)63-57-34-14-10-30-53(57)55-32-12-16-36-59(55)67(63)70-65)52-29-19-27-49(43-52)66-62(47-24-8-3-9-25-47)64-58-35-15-11-31-54(58)56-33-13-17-37-60(56)68(64)71-66/h1-43H. The molecule has 0 fully saturated rings. The third kappa shape index (κ3) is 6.66. The number of benzene rings is 12. The smallest absolute Gasteiger partial charge is 0.143 e. The van der Waals surface area contributed by atoms with Crippen molar-refractivity contribution in [2.45, 2.75) is 0 Å². The van der Waals surface area contributed by atoms with Crippen molar-refractivity contribution in [2.24, 2.45) is 0 Å². The lowest BCUT2D eigenvalue weighted by Gasteiger charge is -2.26. The van der Waals surface area contributed by atoms with Gasteiger partial charge in [-0.25, -0.2) is 0 Å².